The van der Waals surface area contributed by atoms with Crippen molar-refractivity contribution in [3.05, 3.63) is 54.1 Å². The number of sulfone groups is 1. The zero-order valence-corrected chi connectivity index (χ0v) is 18.7. The summed E-state index contributed by atoms with van der Waals surface area (Å²) in [5.41, 5.74) is 2.34. The molecule has 3 aromatic rings. The highest BCUT2D eigenvalue weighted by Crippen LogP contribution is 2.34. The van der Waals surface area contributed by atoms with Gasteiger partial charge < -0.3 is 18.9 Å². The highest BCUT2D eigenvalue weighted by Gasteiger charge is 2.15. The number of H-pyrrole nitrogens is 1. The van der Waals surface area contributed by atoms with Crippen molar-refractivity contribution in [2.45, 2.75) is 24.5 Å². The van der Waals surface area contributed by atoms with Crippen LogP contribution >= 0.6 is 0 Å². The number of aromatic nitrogens is 2. The summed E-state index contributed by atoms with van der Waals surface area (Å²) >= 11 is 0. The van der Waals surface area contributed by atoms with Gasteiger partial charge in [0.2, 0.25) is 5.88 Å². The fourth-order valence-electron chi connectivity index (χ4n) is 2.94. The Bertz CT molecular complexity index is 1110. The van der Waals surface area contributed by atoms with E-state index in [0.29, 0.717) is 24.0 Å². The van der Waals surface area contributed by atoms with Crippen LogP contribution in [-0.2, 0) is 21.2 Å². The maximum absolute atomic E-state index is 11.6. The first-order chi connectivity index (χ1) is 14.8. The van der Waals surface area contributed by atoms with Crippen molar-refractivity contribution < 1.29 is 27.4 Å². The van der Waals surface area contributed by atoms with Crippen LogP contribution in [-0.4, -0.2) is 51.8 Å². The van der Waals surface area contributed by atoms with Crippen LogP contribution in [0.3, 0.4) is 0 Å². The zero-order valence-electron chi connectivity index (χ0n) is 17.9. The van der Waals surface area contributed by atoms with Crippen LogP contribution in [0.5, 0.6) is 17.4 Å². The molecule has 2 aromatic carbocycles. The summed E-state index contributed by atoms with van der Waals surface area (Å²) in [7, 11) is -0.0524. The van der Waals surface area contributed by atoms with Gasteiger partial charge >= 0.3 is 0 Å². The smallest absolute Gasteiger partial charge is 0.232 e. The van der Waals surface area contributed by atoms with Crippen LogP contribution in [0.4, 0.5) is 0 Å². The molecular formula is C22H26N2O6S. The standard InChI is InChI=1S/C22H26N2O6S/c1-15(13-27-2)30-21-10-7-17(11-19(21)20-12-22(28-3)24-23-20)29-14-16-5-8-18(9-6-16)31(4,25)26/h5-12,15H,13-14H2,1-4H3,(H,23,24). The first-order valence-corrected chi connectivity index (χ1v) is 11.5. The minimum absolute atomic E-state index is 0.145. The van der Waals surface area contributed by atoms with E-state index in [-0.39, 0.29) is 17.6 Å². The van der Waals surface area contributed by atoms with E-state index in [0.717, 1.165) is 16.8 Å². The molecule has 0 aliphatic rings. The van der Waals surface area contributed by atoms with E-state index in [9.17, 15) is 8.42 Å². The molecule has 1 heterocycles. The lowest BCUT2D eigenvalue weighted by Crippen LogP contribution is -2.18. The molecule has 1 N–H and O–H groups in total. The van der Waals surface area contributed by atoms with E-state index in [4.69, 9.17) is 18.9 Å². The molecule has 0 aliphatic heterocycles. The maximum atomic E-state index is 11.6. The Balaban J connectivity index is 1.81. The van der Waals surface area contributed by atoms with Crippen molar-refractivity contribution >= 4 is 9.84 Å². The highest BCUT2D eigenvalue weighted by atomic mass is 32.2. The average molecular weight is 447 g/mol. The fraction of sp³-hybridized carbons (Fsp3) is 0.318. The highest BCUT2D eigenvalue weighted by molar-refractivity contribution is 7.90. The first-order valence-electron chi connectivity index (χ1n) is 9.61. The molecule has 1 unspecified atom stereocenters. The van der Waals surface area contributed by atoms with Crippen molar-refractivity contribution in [1.82, 2.24) is 10.2 Å². The molecule has 0 bridgehead atoms. The third kappa shape index (κ3) is 5.99. The van der Waals surface area contributed by atoms with Crippen molar-refractivity contribution in [2.75, 3.05) is 27.1 Å². The van der Waals surface area contributed by atoms with Gasteiger partial charge in [0.1, 0.15) is 24.2 Å². The normalized spacial score (nSPS) is 12.4. The van der Waals surface area contributed by atoms with E-state index in [1.807, 2.05) is 25.1 Å². The summed E-state index contributed by atoms with van der Waals surface area (Å²) in [4.78, 5) is 0.276. The number of aromatic amines is 1. The van der Waals surface area contributed by atoms with Crippen molar-refractivity contribution in [2.24, 2.45) is 0 Å². The Labute approximate surface area is 182 Å². The summed E-state index contributed by atoms with van der Waals surface area (Å²) < 4.78 is 45.5. The van der Waals surface area contributed by atoms with Crippen LogP contribution in [0.1, 0.15) is 12.5 Å². The second-order valence-corrected chi connectivity index (χ2v) is 9.09. The Hall–Kier alpha value is -3.04. The molecular weight excluding hydrogens is 420 g/mol. The van der Waals surface area contributed by atoms with Crippen molar-refractivity contribution in [3.63, 3.8) is 0 Å². The van der Waals surface area contributed by atoms with E-state index in [1.54, 1.807) is 44.6 Å². The van der Waals surface area contributed by atoms with Crippen LogP contribution in [0.25, 0.3) is 11.3 Å². The summed E-state index contributed by atoms with van der Waals surface area (Å²) in [5.74, 6) is 1.74. The Morgan fingerprint density at radius 3 is 2.42 bits per heavy atom. The lowest BCUT2D eigenvalue weighted by Gasteiger charge is -2.17. The van der Waals surface area contributed by atoms with Crippen LogP contribution in [0, 0.1) is 0 Å². The second kappa shape index (κ2) is 9.84. The van der Waals surface area contributed by atoms with Gasteiger partial charge in [-0.2, -0.15) is 0 Å². The Kier molecular flexibility index (Phi) is 7.19. The quantitative estimate of drug-likeness (QED) is 0.509. The van der Waals surface area contributed by atoms with Gasteiger partial charge in [-0.1, -0.05) is 12.1 Å². The monoisotopic (exact) mass is 446 g/mol. The SMILES string of the molecule is COCC(C)Oc1ccc(OCc2ccc(S(C)(=O)=O)cc2)cc1-c1cc(OC)n[nH]1. The number of benzene rings is 2. The van der Waals surface area contributed by atoms with Crippen molar-refractivity contribution in [1.29, 1.82) is 0 Å². The van der Waals surface area contributed by atoms with E-state index in [2.05, 4.69) is 10.2 Å². The molecule has 0 amide bonds. The van der Waals surface area contributed by atoms with E-state index >= 15 is 0 Å². The summed E-state index contributed by atoms with van der Waals surface area (Å²) in [5, 5.41) is 7.04. The molecule has 3 rings (SSSR count). The summed E-state index contributed by atoms with van der Waals surface area (Å²) in [6, 6.07) is 13.9. The van der Waals surface area contributed by atoms with E-state index < -0.39 is 9.84 Å². The molecule has 0 aliphatic carbocycles. The molecule has 1 aromatic heterocycles. The van der Waals surface area contributed by atoms with Gasteiger partial charge in [-0.25, -0.2) is 8.42 Å². The number of rotatable bonds is 10. The number of methoxy groups -OCH3 is 2. The zero-order chi connectivity index (χ0) is 22.4. The summed E-state index contributed by atoms with van der Waals surface area (Å²) in [6.07, 6.45) is 1.04. The largest absolute Gasteiger partial charge is 0.489 e. The number of nitrogens with zero attached hydrogens (tertiary/aromatic N) is 1. The number of nitrogens with one attached hydrogen (secondary N) is 1. The third-order valence-corrected chi connectivity index (χ3v) is 5.62. The van der Waals surface area contributed by atoms with Crippen LogP contribution in [0.2, 0.25) is 0 Å². The third-order valence-electron chi connectivity index (χ3n) is 4.49. The van der Waals surface area contributed by atoms with Crippen LogP contribution < -0.4 is 14.2 Å². The maximum Gasteiger partial charge on any atom is 0.232 e. The minimum Gasteiger partial charge on any atom is -0.489 e. The fourth-order valence-corrected chi connectivity index (χ4v) is 3.57. The lowest BCUT2D eigenvalue weighted by atomic mass is 10.1. The molecule has 31 heavy (non-hydrogen) atoms. The minimum atomic E-state index is -3.23. The average Bonchev–Trinajstić information content (AvgIpc) is 3.22. The molecule has 0 fully saturated rings. The molecule has 8 nitrogen and oxygen atoms in total. The van der Waals surface area contributed by atoms with Gasteiger partial charge in [0.15, 0.2) is 9.84 Å². The molecule has 1 atom stereocenters. The van der Waals surface area contributed by atoms with Gasteiger partial charge in [0.25, 0.3) is 0 Å². The molecule has 9 heteroatoms. The first kappa shape index (κ1) is 22.6. The van der Waals surface area contributed by atoms with E-state index in [1.165, 1.54) is 6.26 Å². The Morgan fingerprint density at radius 1 is 1.06 bits per heavy atom. The van der Waals surface area contributed by atoms with Gasteiger partial charge in [0.05, 0.1) is 24.3 Å². The lowest BCUT2D eigenvalue weighted by molar-refractivity contribution is 0.0924. The topological polar surface area (TPSA) is 99.7 Å². The molecule has 0 saturated heterocycles. The number of ether oxygens (including phenoxy) is 4. The summed E-state index contributed by atoms with van der Waals surface area (Å²) in [6.45, 7) is 2.66. The molecule has 0 saturated carbocycles. The Morgan fingerprint density at radius 2 is 1.81 bits per heavy atom. The van der Waals surface area contributed by atoms with Crippen LogP contribution in [0.15, 0.2) is 53.4 Å². The predicted octanol–water partition coefficient (Wildman–Crippen LogP) is 3.48. The van der Waals surface area contributed by atoms with Gasteiger partial charge in [-0.3, -0.25) is 5.10 Å². The molecule has 0 radical (unpaired) electrons. The molecule has 0 spiro atoms. The predicted molar refractivity (Wildman–Crippen MR) is 116 cm³/mol. The number of hydrogen-bond acceptors (Lipinski definition) is 7. The number of hydrogen-bond donors (Lipinski definition) is 1. The van der Waals surface area contributed by atoms with Gasteiger partial charge in [0, 0.05) is 25.0 Å². The van der Waals surface area contributed by atoms with Crippen molar-refractivity contribution in [3.8, 4) is 28.6 Å². The van der Waals surface area contributed by atoms with Gasteiger partial charge in [-0.15, -0.1) is 5.10 Å². The second-order valence-electron chi connectivity index (χ2n) is 7.07. The molecule has 166 valence electrons. The van der Waals surface area contributed by atoms with Gasteiger partial charge in [-0.05, 0) is 42.8 Å².